The van der Waals surface area contributed by atoms with E-state index in [9.17, 15) is 9.59 Å². The summed E-state index contributed by atoms with van der Waals surface area (Å²) in [7, 11) is 0. The van der Waals surface area contributed by atoms with Gasteiger partial charge >= 0.3 is 12.1 Å². The summed E-state index contributed by atoms with van der Waals surface area (Å²) in [5.74, 6) is -1.04. The Morgan fingerprint density at radius 2 is 2.06 bits per heavy atom. The third kappa shape index (κ3) is 2.22. The zero-order valence-electron chi connectivity index (χ0n) is 10.2. The van der Waals surface area contributed by atoms with Gasteiger partial charge in [-0.2, -0.15) is 0 Å². The molecular formula is C11H17NO5. The number of hydrogen-bond donors (Lipinski definition) is 1. The molecule has 2 fully saturated rings. The highest BCUT2D eigenvalue weighted by atomic mass is 16.6. The van der Waals surface area contributed by atoms with Crippen molar-refractivity contribution in [2.45, 2.75) is 51.0 Å². The van der Waals surface area contributed by atoms with E-state index in [1.54, 1.807) is 20.8 Å². The maximum Gasteiger partial charge on any atom is 0.411 e. The molecule has 0 aromatic rings. The number of carboxylic acid groups (broad SMARTS) is 1. The Morgan fingerprint density at radius 1 is 1.41 bits per heavy atom. The molecule has 2 heterocycles. The maximum atomic E-state index is 12.0. The lowest BCUT2D eigenvalue weighted by molar-refractivity contribution is -0.149. The molecule has 0 spiro atoms. The lowest BCUT2D eigenvalue weighted by Gasteiger charge is -2.33. The Labute approximate surface area is 99.5 Å². The molecule has 1 N–H and O–H groups in total. The van der Waals surface area contributed by atoms with E-state index in [2.05, 4.69) is 0 Å². The summed E-state index contributed by atoms with van der Waals surface area (Å²) < 4.78 is 10.5. The minimum absolute atomic E-state index is 0.170. The SMILES string of the molecule is CC(C)(C)OC(=O)N1C2COC(C2)C1C(=O)O. The number of rotatable bonds is 1. The first kappa shape index (κ1) is 12.2. The number of carboxylic acids is 1. The van der Waals surface area contributed by atoms with Crippen molar-refractivity contribution in [2.75, 3.05) is 6.61 Å². The van der Waals surface area contributed by atoms with Crippen LogP contribution in [0.15, 0.2) is 0 Å². The molecule has 2 rings (SSSR count). The van der Waals surface area contributed by atoms with Crippen LogP contribution in [0, 0.1) is 0 Å². The molecule has 0 saturated carbocycles. The smallest absolute Gasteiger partial charge is 0.411 e. The summed E-state index contributed by atoms with van der Waals surface area (Å²) in [5.41, 5.74) is -0.622. The average molecular weight is 243 g/mol. The van der Waals surface area contributed by atoms with Crippen molar-refractivity contribution in [3.05, 3.63) is 0 Å². The van der Waals surface area contributed by atoms with Crippen molar-refractivity contribution in [1.29, 1.82) is 0 Å². The van der Waals surface area contributed by atoms with E-state index < -0.39 is 29.8 Å². The number of ether oxygens (including phenoxy) is 2. The van der Waals surface area contributed by atoms with Crippen molar-refractivity contribution in [3.8, 4) is 0 Å². The number of fused-ring (bicyclic) bond motifs is 2. The Bertz CT molecular complexity index is 348. The first-order valence-corrected chi connectivity index (χ1v) is 5.65. The maximum absolute atomic E-state index is 12.0. The largest absolute Gasteiger partial charge is 0.480 e. The Morgan fingerprint density at radius 3 is 2.59 bits per heavy atom. The van der Waals surface area contributed by atoms with E-state index in [0.717, 1.165) is 0 Å². The summed E-state index contributed by atoms with van der Waals surface area (Å²) in [6, 6.07) is -1.08. The molecule has 2 aliphatic rings. The van der Waals surface area contributed by atoms with Gasteiger partial charge in [0.15, 0.2) is 6.04 Å². The molecule has 1 amide bonds. The summed E-state index contributed by atoms with van der Waals surface area (Å²) in [5, 5.41) is 9.12. The average Bonchev–Trinajstić information content (AvgIpc) is 2.72. The van der Waals surface area contributed by atoms with Crippen LogP contribution in [0.1, 0.15) is 27.2 Å². The third-order valence-electron chi connectivity index (χ3n) is 2.91. The Kier molecular flexibility index (Phi) is 2.77. The molecular weight excluding hydrogens is 226 g/mol. The third-order valence-corrected chi connectivity index (χ3v) is 2.91. The lowest BCUT2D eigenvalue weighted by Crippen LogP contribution is -2.53. The van der Waals surface area contributed by atoms with Gasteiger partial charge in [-0.15, -0.1) is 0 Å². The highest BCUT2D eigenvalue weighted by molar-refractivity contribution is 5.82. The van der Waals surface area contributed by atoms with Crippen LogP contribution in [0.25, 0.3) is 0 Å². The number of aliphatic carboxylic acids is 1. The summed E-state index contributed by atoms with van der Waals surface area (Å²) in [4.78, 5) is 24.4. The molecule has 2 saturated heterocycles. The number of carbonyl (C=O) groups excluding carboxylic acids is 1. The predicted molar refractivity (Wildman–Crippen MR) is 57.6 cm³/mol. The Hall–Kier alpha value is -1.30. The van der Waals surface area contributed by atoms with Crippen LogP contribution in [0.4, 0.5) is 4.79 Å². The molecule has 6 heteroatoms. The number of likely N-dealkylation sites (tertiary alicyclic amines) is 1. The second-order valence-electron chi connectivity index (χ2n) is 5.43. The number of carbonyl (C=O) groups is 2. The molecule has 3 atom stereocenters. The van der Waals surface area contributed by atoms with Crippen LogP contribution >= 0.6 is 0 Å². The van der Waals surface area contributed by atoms with Gasteiger partial charge in [-0.1, -0.05) is 0 Å². The van der Waals surface area contributed by atoms with Crippen molar-refractivity contribution in [1.82, 2.24) is 4.90 Å². The van der Waals surface area contributed by atoms with Gasteiger partial charge < -0.3 is 14.6 Å². The molecule has 0 aromatic carbocycles. The number of nitrogens with zero attached hydrogens (tertiary/aromatic N) is 1. The van der Waals surface area contributed by atoms with Gasteiger partial charge in [0.2, 0.25) is 0 Å². The molecule has 17 heavy (non-hydrogen) atoms. The van der Waals surface area contributed by atoms with E-state index in [1.807, 2.05) is 0 Å². The van der Waals surface area contributed by atoms with Gasteiger partial charge in [0.25, 0.3) is 0 Å². The van der Waals surface area contributed by atoms with Crippen molar-refractivity contribution in [2.24, 2.45) is 0 Å². The van der Waals surface area contributed by atoms with Gasteiger partial charge in [-0.3, -0.25) is 4.90 Å². The standard InChI is InChI=1S/C11H17NO5/c1-11(2,3)17-10(15)12-6-4-7(16-5-6)8(12)9(13)14/h6-8H,4-5H2,1-3H3,(H,13,14). The van der Waals surface area contributed by atoms with E-state index in [-0.39, 0.29) is 6.04 Å². The molecule has 0 aromatic heterocycles. The van der Waals surface area contributed by atoms with E-state index in [1.165, 1.54) is 4.90 Å². The highest BCUT2D eigenvalue weighted by Gasteiger charge is 2.54. The number of amides is 1. The van der Waals surface area contributed by atoms with Crippen molar-refractivity contribution in [3.63, 3.8) is 0 Å². The zero-order valence-corrected chi connectivity index (χ0v) is 10.2. The van der Waals surface area contributed by atoms with E-state index in [4.69, 9.17) is 14.6 Å². The minimum atomic E-state index is -1.04. The summed E-state index contributed by atoms with van der Waals surface area (Å²) >= 11 is 0. The van der Waals surface area contributed by atoms with Crippen LogP contribution in [0.2, 0.25) is 0 Å². The van der Waals surface area contributed by atoms with Crippen LogP contribution < -0.4 is 0 Å². The second-order valence-corrected chi connectivity index (χ2v) is 5.43. The highest BCUT2D eigenvalue weighted by Crippen LogP contribution is 2.34. The first-order chi connectivity index (χ1) is 7.79. The molecule has 3 unspecified atom stereocenters. The topological polar surface area (TPSA) is 76.1 Å². The zero-order chi connectivity index (χ0) is 12.8. The van der Waals surface area contributed by atoms with Crippen LogP contribution in [0.5, 0.6) is 0 Å². The van der Waals surface area contributed by atoms with Crippen LogP contribution in [-0.2, 0) is 14.3 Å². The number of hydrogen-bond acceptors (Lipinski definition) is 4. The molecule has 6 nitrogen and oxygen atoms in total. The second kappa shape index (κ2) is 3.87. The van der Waals surface area contributed by atoms with Crippen LogP contribution in [0.3, 0.4) is 0 Å². The first-order valence-electron chi connectivity index (χ1n) is 5.65. The fraction of sp³-hybridized carbons (Fsp3) is 0.818. The van der Waals surface area contributed by atoms with E-state index in [0.29, 0.717) is 13.0 Å². The number of morpholine rings is 1. The quantitative estimate of drug-likeness (QED) is 0.738. The van der Waals surface area contributed by atoms with Gasteiger partial charge in [0.1, 0.15) is 5.60 Å². The normalized spacial score (nSPS) is 31.7. The molecule has 0 aliphatic carbocycles. The van der Waals surface area contributed by atoms with Gasteiger partial charge in [0, 0.05) is 0 Å². The fourth-order valence-electron chi connectivity index (χ4n) is 2.31. The fourth-order valence-corrected chi connectivity index (χ4v) is 2.31. The summed E-state index contributed by atoms with van der Waals surface area (Å²) in [6.07, 6.45) is -0.387. The van der Waals surface area contributed by atoms with Gasteiger partial charge in [0.05, 0.1) is 18.8 Å². The van der Waals surface area contributed by atoms with Crippen LogP contribution in [-0.4, -0.2) is 52.5 Å². The molecule has 2 bridgehead atoms. The van der Waals surface area contributed by atoms with Crippen molar-refractivity contribution < 1.29 is 24.2 Å². The molecule has 2 aliphatic heterocycles. The van der Waals surface area contributed by atoms with Crippen molar-refractivity contribution >= 4 is 12.1 Å². The lowest BCUT2D eigenvalue weighted by atomic mass is 10.2. The summed E-state index contributed by atoms with van der Waals surface area (Å²) in [6.45, 7) is 5.66. The Balaban J connectivity index is 2.14. The molecule has 0 radical (unpaired) electrons. The predicted octanol–water partition coefficient (Wildman–Crippen LogP) is 0.848. The van der Waals surface area contributed by atoms with Gasteiger partial charge in [-0.05, 0) is 27.2 Å². The monoisotopic (exact) mass is 243 g/mol. The minimum Gasteiger partial charge on any atom is -0.480 e. The van der Waals surface area contributed by atoms with Gasteiger partial charge in [-0.25, -0.2) is 9.59 Å². The molecule has 96 valence electrons. The van der Waals surface area contributed by atoms with E-state index >= 15 is 0 Å².